The highest BCUT2D eigenvalue weighted by molar-refractivity contribution is 6.34. The number of aryl methyl sites for hydroxylation is 2. The number of amides is 2. The molecule has 2 amide bonds. The molecule has 2 aromatic rings. The van der Waals surface area contributed by atoms with Crippen LogP contribution in [0.2, 0.25) is 5.02 Å². The standard InChI is InChI=1S/C20H20ClN3O2/c1-13-10-14(2)20(17(21)11-13)23-19(26)8-9-24(15(3)25)18-7-5-4-6-16(18)12-22/h4-7,10-11H,8-9H2,1-3H3,(H,23,26). The van der Waals surface area contributed by atoms with E-state index in [0.717, 1.165) is 11.1 Å². The molecular formula is C20H20ClN3O2. The number of nitriles is 1. The summed E-state index contributed by atoms with van der Waals surface area (Å²) in [6, 6.07) is 12.6. The van der Waals surface area contributed by atoms with E-state index in [4.69, 9.17) is 11.6 Å². The van der Waals surface area contributed by atoms with Gasteiger partial charge in [-0.3, -0.25) is 9.59 Å². The van der Waals surface area contributed by atoms with Crippen molar-refractivity contribution in [1.29, 1.82) is 5.26 Å². The molecule has 2 rings (SSSR count). The lowest BCUT2D eigenvalue weighted by molar-refractivity contribution is -0.117. The average molecular weight is 370 g/mol. The molecule has 0 aliphatic rings. The topological polar surface area (TPSA) is 73.2 Å². The van der Waals surface area contributed by atoms with E-state index in [1.807, 2.05) is 19.9 Å². The van der Waals surface area contributed by atoms with Gasteiger partial charge in [-0.1, -0.05) is 29.8 Å². The Hall–Kier alpha value is -2.84. The largest absolute Gasteiger partial charge is 0.324 e. The first-order chi connectivity index (χ1) is 12.3. The summed E-state index contributed by atoms with van der Waals surface area (Å²) < 4.78 is 0. The summed E-state index contributed by atoms with van der Waals surface area (Å²) in [5.41, 5.74) is 3.36. The van der Waals surface area contributed by atoms with E-state index in [0.29, 0.717) is 22.0 Å². The number of nitrogens with one attached hydrogen (secondary N) is 1. The Morgan fingerprint density at radius 2 is 1.92 bits per heavy atom. The third kappa shape index (κ3) is 4.62. The Morgan fingerprint density at radius 3 is 2.54 bits per heavy atom. The van der Waals surface area contributed by atoms with E-state index in [2.05, 4.69) is 11.4 Å². The van der Waals surface area contributed by atoms with Crippen LogP contribution in [0.5, 0.6) is 0 Å². The number of benzene rings is 2. The summed E-state index contributed by atoms with van der Waals surface area (Å²) in [7, 11) is 0. The fourth-order valence-electron chi connectivity index (χ4n) is 2.74. The minimum atomic E-state index is -0.250. The molecule has 0 heterocycles. The maximum atomic E-state index is 12.3. The van der Waals surface area contributed by atoms with Crippen LogP contribution in [0.15, 0.2) is 36.4 Å². The lowest BCUT2D eigenvalue weighted by Crippen LogP contribution is -2.32. The van der Waals surface area contributed by atoms with Crippen LogP contribution in [0.3, 0.4) is 0 Å². The molecule has 6 heteroatoms. The molecule has 1 N–H and O–H groups in total. The highest BCUT2D eigenvalue weighted by Crippen LogP contribution is 2.27. The van der Waals surface area contributed by atoms with Gasteiger partial charge in [0.25, 0.3) is 0 Å². The summed E-state index contributed by atoms with van der Waals surface area (Å²) >= 11 is 6.21. The number of carbonyl (C=O) groups is 2. The lowest BCUT2D eigenvalue weighted by Gasteiger charge is -2.22. The van der Waals surface area contributed by atoms with Gasteiger partial charge in [-0.25, -0.2) is 0 Å². The average Bonchev–Trinajstić information content (AvgIpc) is 2.58. The highest BCUT2D eigenvalue weighted by Gasteiger charge is 2.17. The molecule has 0 radical (unpaired) electrons. The number of rotatable bonds is 5. The van der Waals surface area contributed by atoms with Crippen LogP contribution in [0.25, 0.3) is 0 Å². The van der Waals surface area contributed by atoms with Gasteiger partial charge in [0.2, 0.25) is 11.8 Å². The molecule has 0 spiro atoms. The van der Waals surface area contributed by atoms with Crippen molar-refractivity contribution in [3.8, 4) is 6.07 Å². The molecule has 0 aliphatic carbocycles. The van der Waals surface area contributed by atoms with E-state index in [1.54, 1.807) is 30.3 Å². The summed E-state index contributed by atoms with van der Waals surface area (Å²) in [5.74, 6) is -0.482. The van der Waals surface area contributed by atoms with Crippen molar-refractivity contribution in [1.82, 2.24) is 0 Å². The molecule has 0 saturated carbocycles. The Bertz CT molecular complexity index is 864. The molecule has 26 heavy (non-hydrogen) atoms. The lowest BCUT2D eigenvalue weighted by atomic mass is 10.1. The number of halogens is 1. The first-order valence-electron chi connectivity index (χ1n) is 8.17. The third-order valence-corrected chi connectivity index (χ3v) is 4.25. The van der Waals surface area contributed by atoms with Gasteiger partial charge in [-0.15, -0.1) is 0 Å². The van der Waals surface area contributed by atoms with Crippen molar-refractivity contribution < 1.29 is 9.59 Å². The Kier molecular flexibility index (Phi) is 6.37. The zero-order valence-electron chi connectivity index (χ0n) is 15.0. The van der Waals surface area contributed by atoms with Crippen molar-refractivity contribution in [2.75, 3.05) is 16.8 Å². The quantitative estimate of drug-likeness (QED) is 0.857. The monoisotopic (exact) mass is 369 g/mol. The van der Waals surface area contributed by atoms with Crippen LogP contribution in [-0.4, -0.2) is 18.4 Å². The Balaban J connectivity index is 2.12. The molecule has 0 atom stereocenters. The van der Waals surface area contributed by atoms with Crippen LogP contribution in [-0.2, 0) is 9.59 Å². The maximum absolute atomic E-state index is 12.3. The zero-order valence-corrected chi connectivity index (χ0v) is 15.7. The number of hydrogen-bond acceptors (Lipinski definition) is 3. The van der Waals surface area contributed by atoms with E-state index in [1.165, 1.54) is 11.8 Å². The first kappa shape index (κ1) is 19.5. The second-order valence-electron chi connectivity index (χ2n) is 6.04. The fourth-order valence-corrected chi connectivity index (χ4v) is 3.11. The number of hydrogen-bond donors (Lipinski definition) is 1. The maximum Gasteiger partial charge on any atom is 0.226 e. The Labute approximate surface area is 158 Å². The molecule has 0 unspecified atom stereocenters. The van der Waals surface area contributed by atoms with Crippen molar-refractivity contribution >= 4 is 34.8 Å². The molecule has 0 fully saturated rings. The van der Waals surface area contributed by atoms with Crippen LogP contribution in [0, 0.1) is 25.2 Å². The molecule has 0 saturated heterocycles. The van der Waals surface area contributed by atoms with E-state index in [9.17, 15) is 14.9 Å². The van der Waals surface area contributed by atoms with E-state index >= 15 is 0 Å². The van der Waals surface area contributed by atoms with Gasteiger partial charge >= 0.3 is 0 Å². The predicted molar refractivity (Wildman–Crippen MR) is 103 cm³/mol. The second-order valence-corrected chi connectivity index (χ2v) is 6.44. The van der Waals surface area contributed by atoms with Crippen molar-refractivity contribution in [2.24, 2.45) is 0 Å². The molecule has 5 nitrogen and oxygen atoms in total. The van der Waals surface area contributed by atoms with E-state index in [-0.39, 0.29) is 24.8 Å². The highest BCUT2D eigenvalue weighted by atomic mass is 35.5. The molecule has 0 bridgehead atoms. The van der Waals surface area contributed by atoms with Crippen molar-refractivity contribution in [2.45, 2.75) is 27.2 Å². The van der Waals surface area contributed by atoms with Gasteiger partial charge in [-0.05, 0) is 43.2 Å². The van der Waals surface area contributed by atoms with Gasteiger partial charge in [0.1, 0.15) is 6.07 Å². The fraction of sp³-hybridized carbons (Fsp3) is 0.250. The van der Waals surface area contributed by atoms with Gasteiger partial charge in [-0.2, -0.15) is 5.26 Å². The smallest absolute Gasteiger partial charge is 0.226 e. The van der Waals surface area contributed by atoms with Gasteiger partial charge in [0.05, 0.1) is 22.0 Å². The summed E-state index contributed by atoms with van der Waals surface area (Å²) in [6.45, 7) is 5.39. The number of para-hydroxylation sites is 1. The van der Waals surface area contributed by atoms with E-state index < -0.39 is 0 Å². The van der Waals surface area contributed by atoms with Gasteiger partial charge in [0, 0.05) is 19.9 Å². The number of nitrogens with zero attached hydrogens (tertiary/aromatic N) is 2. The summed E-state index contributed by atoms with van der Waals surface area (Å²) in [5, 5.41) is 12.5. The molecule has 134 valence electrons. The summed E-state index contributed by atoms with van der Waals surface area (Å²) in [6.07, 6.45) is 0.0863. The molecule has 0 aromatic heterocycles. The van der Waals surface area contributed by atoms with Crippen molar-refractivity contribution in [3.05, 3.63) is 58.1 Å². The third-order valence-electron chi connectivity index (χ3n) is 3.95. The summed E-state index contributed by atoms with van der Waals surface area (Å²) in [4.78, 5) is 25.8. The zero-order chi connectivity index (χ0) is 19.3. The second kappa shape index (κ2) is 8.50. The van der Waals surface area contributed by atoms with Crippen LogP contribution < -0.4 is 10.2 Å². The van der Waals surface area contributed by atoms with Crippen molar-refractivity contribution in [3.63, 3.8) is 0 Å². The number of anilines is 2. The normalized spacial score (nSPS) is 10.1. The SMILES string of the molecule is CC(=O)N(CCC(=O)Nc1c(C)cc(C)cc1Cl)c1ccccc1C#N. The minimum absolute atomic E-state index is 0.0863. The minimum Gasteiger partial charge on any atom is -0.324 e. The molecule has 2 aromatic carbocycles. The van der Waals surface area contributed by atoms with Crippen LogP contribution in [0.4, 0.5) is 11.4 Å². The van der Waals surface area contributed by atoms with Crippen LogP contribution >= 0.6 is 11.6 Å². The first-order valence-corrected chi connectivity index (χ1v) is 8.55. The van der Waals surface area contributed by atoms with Gasteiger partial charge in [0.15, 0.2) is 0 Å². The Morgan fingerprint density at radius 1 is 1.23 bits per heavy atom. The molecule has 0 aliphatic heterocycles. The van der Waals surface area contributed by atoms with Crippen LogP contribution in [0.1, 0.15) is 30.0 Å². The van der Waals surface area contributed by atoms with Gasteiger partial charge < -0.3 is 10.2 Å². The number of carbonyl (C=O) groups excluding carboxylic acids is 2. The predicted octanol–water partition coefficient (Wildman–Crippen LogP) is 4.21. The molecular weight excluding hydrogens is 350 g/mol.